The highest BCUT2D eigenvalue weighted by Crippen LogP contribution is 2.25. The SMILES string of the molecule is O=c1/c(=C\c2ccc(-c3ccc([N+](=O)[O-])cc3)o2)sc2nc3ccccc3n12. The third-order valence-electron chi connectivity index (χ3n) is 4.41. The first-order valence-electron chi connectivity index (χ1n) is 8.36. The molecule has 0 bridgehead atoms. The van der Waals surface area contributed by atoms with Gasteiger partial charge in [-0.2, -0.15) is 0 Å². The molecule has 7 nitrogen and oxygen atoms in total. The molecule has 2 aromatic carbocycles. The van der Waals surface area contributed by atoms with Crippen LogP contribution in [-0.2, 0) is 0 Å². The summed E-state index contributed by atoms with van der Waals surface area (Å²) in [6.07, 6.45) is 1.69. The molecule has 5 rings (SSSR count). The molecule has 0 saturated heterocycles. The lowest BCUT2D eigenvalue weighted by Crippen LogP contribution is -2.22. The molecule has 0 unspecified atom stereocenters. The van der Waals surface area contributed by atoms with Crippen molar-refractivity contribution in [2.45, 2.75) is 0 Å². The molecule has 8 heteroatoms. The number of imidazole rings is 1. The summed E-state index contributed by atoms with van der Waals surface area (Å²) in [6, 6.07) is 17.2. The molecule has 0 spiro atoms. The van der Waals surface area contributed by atoms with Crippen molar-refractivity contribution in [2.24, 2.45) is 0 Å². The predicted molar refractivity (Wildman–Crippen MR) is 106 cm³/mol. The van der Waals surface area contributed by atoms with Crippen LogP contribution in [0.15, 0.2) is 69.9 Å². The van der Waals surface area contributed by atoms with Crippen molar-refractivity contribution in [3.8, 4) is 11.3 Å². The van der Waals surface area contributed by atoms with Crippen LogP contribution >= 0.6 is 11.3 Å². The first kappa shape index (κ1) is 16.4. The van der Waals surface area contributed by atoms with Crippen molar-refractivity contribution >= 4 is 39.1 Å². The van der Waals surface area contributed by atoms with Gasteiger partial charge in [0.05, 0.1) is 16.0 Å². The number of rotatable bonds is 3. The lowest BCUT2D eigenvalue weighted by molar-refractivity contribution is -0.384. The van der Waals surface area contributed by atoms with E-state index in [2.05, 4.69) is 4.98 Å². The van der Waals surface area contributed by atoms with Gasteiger partial charge in [-0.1, -0.05) is 23.5 Å². The van der Waals surface area contributed by atoms with E-state index in [1.54, 1.807) is 34.7 Å². The van der Waals surface area contributed by atoms with Gasteiger partial charge in [-0.25, -0.2) is 9.38 Å². The van der Waals surface area contributed by atoms with E-state index in [0.29, 0.717) is 21.0 Å². The third-order valence-corrected chi connectivity index (χ3v) is 5.38. The van der Waals surface area contributed by atoms with Gasteiger partial charge in [0.15, 0.2) is 4.96 Å². The van der Waals surface area contributed by atoms with Gasteiger partial charge in [0.2, 0.25) is 0 Å². The fourth-order valence-corrected chi connectivity index (χ4v) is 4.04. The van der Waals surface area contributed by atoms with E-state index in [-0.39, 0.29) is 11.2 Å². The molecule has 0 N–H and O–H groups in total. The normalized spacial score (nSPS) is 12.2. The maximum atomic E-state index is 12.8. The van der Waals surface area contributed by atoms with Crippen LogP contribution in [0.25, 0.3) is 33.4 Å². The Labute approximate surface area is 160 Å². The predicted octanol–water partition coefficient (Wildman–Crippen LogP) is 3.63. The molecule has 136 valence electrons. The van der Waals surface area contributed by atoms with Crippen molar-refractivity contribution in [3.63, 3.8) is 0 Å². The van der Waals surface area contributed by atoms with Crippen LogP contribution in [0.4, 0.5) is 5.69 Å². The molecule has 0 atom stereocenters. The molecule has 0 amide bonds. The van der Waals surface area contributed by atoms with Crippen LogP contribution in [-0.4, -0.2) is 14.3 Å². The number of benzene rings is 2. The molecule has 0 radical (unpaired) electrons. The molecule has 5 aromatic rings. The van der Waals surface area contributed by atoms with Crippen molar-refractivity contribution in [1.82, 2.24) is 9.38 Å². The molecule has 28 heavy (non-hydrogen) atoms. The summed E-state index contributed by atoms with van der Waals surface area (Å²) >= 11 is 1.30. The lowest BCUT2D eigenvalue weighted by Gasteiger charge is -1.96. The van der Waals surface area contributed by atoms with Crippen LogP contribution in [0.3, 0.4) is 0 Å². The minimum absolute atomic E-state index is 0.0206. The molecule has 3 heterocycles. The zero-order chi connectivity index (χ0) is 19.3. The summed E-state index contributed by atoms with van der Waals surface area (Å²) in [5.41, 5.74) is 2.18. The van der Waals surface area contributed by atoms with Crippen molar-refractivity contribution in [3.05, 3.63) is 91.4 Å². The maximum Gasteiger partial charge on any atom is 0.275 e. The summed E-state index contributed by atoms with van der Waals surface area (Å²) in [4.78, 5) is 28.2. The second-order valence-corrected chi connectivity index (χ2v) is 7.15. The highest BCUT2D eigenvalue weighted by molar-refractivity contribution is 7.15. The van der Waals surface area contributed by atoms with Gasteiger partial charge in [-0.15, -0.1) is 0 Å². The molecular weight excluding hydrogens is 378 g/mol. The number of hydrogen-bond donors (Lipinski definition) is 0. The van der Waals surface area contributed by atoms with Gasteiger partial charge in [-0.05, 0) is 36.4 Å². The van der Waals surface area contributed by atoms with Gasteiger partial charge < -0.3 is 4.42 Å². The number of non-ortho nitro benzene ring substituents is 1. The number of nitro benzene ring substituents is 1. The van der Waals surface area contributed by atoms with E-state index in [9.17, 15) is 14.9 Å². The monoisotopic (exact) mass is 389 g/mol. The highest BCUT2D eigenvalue weighted by Gasteiger charge is 2.12. The molecule has 0 fully saturated rings. The molecule has 3 aromatic heterocycles. The van der Waals surface area contributed by atoms with Crippen LogP contribution in [0.1, 0.15) is 5.76 Å². The first-order valence-corrected chi connectivity index (χ1v) is 9.18. The Morgan fingerprint density at radius 3 is 2.64 bits per heavy atom. The minimum atomic E-state index is -0.447. The number of hydrogen-bond acceptors (Lipinski definition) is 6. The Morgan fingerprint density at radius 1 is 1.07 bits per heavy atom. The summed E-state index contributed by atoms with van der Waals surface area (Å²) < 4.78 is 7.93. The quantitative estimate of drug-likeness (QED) is 0.347. The average molecular weight is 389 g/mol. The zero-order valence-corrected chi connectivity index (χ0v) is 15.1. The van der Waals surface area contributed by atoms with E-state index in [0.717, 1.165) is 16.6 Å². The van der Waals surface area contributed by atoms with Gasteiger partial charge in [0.25, 0.3) is 11.2 Å². The molecule has 0 aliphatic carbocycles. The number of nitrogens with zero attached hydrogens (tertiary/aromatic N) is 3. The average Bonchev–Trinajstić information content (AvgIpc) is 3.38. The number of aromatic nitrogens is 2. The Hall–Kier alpha value is -3.78. The summed E-state index contributed by atoms with van der Waals surface area (Å²) in [7, 11) is 0. The van der Waals surface area contributed by atoms with E-state index in [4.69, 9.17) is 4.42 Å². The Balaban J connectivity index is 1.56. The van der Waals surface area contributed by atoms with Crippen molar-refractivity contribution < 1.29 is 9.34 Å². The number of para-hydroxylation sites is 2. The third kappa shape index (κ3) is 2.58. The van der Waals surface area contributed by atoms with Gasteiger partial charge in [-0.3, -0.25) is 14.9 Å². The second kappa shape index (κ2) is 6.14. The minimum Gasteiger partial charge on any atom is -0.457 e. The largest absolute Gasteiger partial charge is 0.457 e. The zero-order valence-electron chi connectivity index (χ0n) is 14.2. The molecule has 0 aliphatic heterocycles. The fraction of sp³-hybridized carbons (Fsp3) is 0. The first-order chi connectivity index (χ1) is 13.6. The van der Waals surface area contributed by atoms with Gasteiger partial charge >= 0.3 is 0 Å². The smallest absolute Gasteiger partial charge is 0.275 e. The number of furan rings is 1. The summed E-state index contributed by atoms with van der Waals surface area (Å²) in [5.74, 6) is 1.10. The Morgan fingerprint density at radius 2 is 1.86 bits per heavy atom. The Kier molecular flexibility index (Phi) is 3.59. The van der Waals surface area contributed by atoms with Crippen LogP contribution in [0.2, 0.25) is 0 Å². The second-order valence-electron chi connectivity index (χ2n) is 6.14. The lowest BCUT2D eigenvalue weighted by atomic mass is 10.1. The number of nitro groups is 1. The van der Waals surface area contributed by atoms with Crippen LogP contribution < -0.4 is 10.1 Å². The molecule has 0 aliphatic rings. The topological polar surface area (TPSA) is 90.6 Å². The standard InChI is InChI=1S/C20H11N3O4S/c24-19-18(28-20-21-15-3-1-2-4-16(15)22(19)20)11-14-9-10-17(27-14)12-5-7-13(8-6-12)23(25)26/h1-11H/b18-11+. The van der Waals surface area contributed by atoms with Gasteiger partial charge in [0.1, 0.15) is 16.1 Å². The number of fused-ring (bicyclic) bond motifs is 3. The summed E-state index contributed by atoms with van der Waals surface area (Å²) in [5, 5.41) is 10.8. The van der Waals surface area contributed by atoms with Crippen LogP contribution in [0, 0.1) is 10.1 Å². The van der Waals surface area contributed by atoms with E-state index >= 15 is 0 Å². The van der Waals surface area contributed by atoms with Crippen molar-refractivity contribution in [2.75, 3.05) is 0 Å². The van der Waals surface area contributed by atoms with E-state index < -0.39 is 4.92 Å². The van der Waals surface area contributed by atoms with E-state index in [1.807, 2.05) is 24.3 Å². The number of thiazole rings is 1. The Bertz CT molecular complexity index is 1460. The van der Waals surface area contributed by atoms with Gasteiger partial charge in [0, 0.05) is 23.8 Å². The van der Waals surface area contributed by atoms with Crippen molar-refractivity contribution in [1.29, 1.82) is 0 Å². The molecule has 0 saturated carbocycles. The maximum absolute atomic E-state index is 12.8. The highest BCUT2D eigenvalue weighted by atomic mass is 32.1. The summed E-state index contributed by atoms with van der Waals surface area (Å²) in [6.45, 7) is 0. The van der Waals surface area contributed by atoms with E-state index in [1.165, 1.54) is 23.5 Å². The van der Waals surface area contributed by atoms with Crippen LogP contribution in [0.5, 0.6) is 0 Å². The molecular formula is C20H11N3O4S. The fourth-order valence-electron chi connectivity index (χ4n) is 3.07.